The minimum atomic E-state index is 0.369. The van der Waals surface area contributed by atoms with Crippen LogP contribution in [-0.4, -0.2) is 23.0 Å². The monoisotopic (exact) mass is 234 g/mol. The van der Waals surface area contributed by atoms with Crippen molar-refractivity contribution < 1.29 is 4.74 Å². The molecule has 0 aliphatic rings. The van der Waals surface area contributed by atoms with Gasteiger partial charge in [-0.3, -0.25) is 0 Å². The molecule has 1 rings (SSSR count). The van der Waals surface area contributed by atoms with Crippen LogP contribution in [-0.2, 0) is 4.74 Å². The zero-order valence-corrected chi connectivity index (χ0v) is 10.4. The topological polar surface area (TPSA) is 74.1 Å². The molecule has 0 atom stereocenters. The molecule has 0 unspecified atom stereocenters. The van der Waals surface area contributed by atoms with Crippen molar-refractivity contribution in [1.82, 2.24) is 9.97 Å². The highest BCUT2D eigenvalue weighted by atomic mass is 16.5. The Kier molecular flexibility index (Phi) is 5.80. The van der Waals surface area contributed by atoms with Gasteiger partial charge in [-0.25, -0.2) is 4.98 Å². The number of aromatic nitrogens is 2. The predicted molar refractivity (Wildman–Crippen MR) is 66.2 cm³/mol. The Hall–Kier alpha value is -1.83. The van der Waals surface area contributed by atoms with Gasteiger partial charge in [-0.2, -0.15) is 10.3 Å². The highest BCUT2D eigenvalue weighted by molar-refractivity contribution is 5.79. The SMILES string of the molecule is CCCCCCC(=Nc1nc[nH]c1C#N)OC. The largest absolute Gasteiger partial charge is 0.484 e. The maximum Gasteiger partial charge on any atom is 0.191 e. The second-order valence-electron chi connectivity index (χ2n) is 3.73. The molecule has 0 radical (unpaired) electrons. The van der Waals surface area contributed by atoms with Crippen LogP contribution in [0, 0.1) is 11.3 Å². The fourth-order valence-corrected chi connectivity index (χ4v) is 1.48. The second-order valence-corrected chi connectivity index (χ2v) is 3.73. The van der Waals surface area contributed by atoms with E-state index < -0.39 is 0 Å². The lowest BCUT2D eigenvalue weighted by Crippen LogP contribution is -2.00. The van der Waals surface area contributed by atoms with Crippen LogP contribution in [0.25, 0.3) is 0 Å². The van der Waals surface area contributed by atoms with E-state index in [4.69, 9.17) is 10.00 Å². The third kappa shape index (κ3) is 4.27. The Morgan fingerprint density at radius 1 is 1.53 bits per heavy atom. The van der Waals surface area contributed by atoms with Crippen LogP contribution in [0.4, 0.5) is 5.82 Å². The molecule has 0 saturated carbocycles. The summed E-state index contributed by atoms with van der Waals surface area (Å²) < 4.78 is 5.19. The smallest absolute Gasteiger partial charge is 0.191 e. The van der Waals surface area contributed by atoms with Gasteiger partial charge in [-0.15, -0.1) is 0 Å². The molecule has 0 aromatic carbocycles. The second kappa shape index (κ2) is 7.44. The highest BCUT2D eigenvalue weighted by Gasteiger charge is 2.06. The van der Waals surface area contributed by atoms with E-state index in [9.17, 15) is 0 Å². The molecule has 1 heterocycles. The minimum Gasteiger partial charge on any atom is -0.484 e. The maximum atomic E-state index is 8.81. The quantitative estimate of drug-likeness (QED) is 0.467. The molecular formula is C12H18N4O. The first kappa shape index (κ1) is 13.2. The molecule has 0 aliphatic heterocycles. The van der Waals surface area contributed by atoms with Crippen LogP contribution >= 0.6 is 0 Å². The summed E-state index contributed by atoms with van der Waals surface area (Å²) in [6.07, 6.45) is 6.90. The van der Waals surface area contributed by atoms with E-state index in [2.05, 4.69) is 21.9 Å². The zero-order valence-electron chi connectivity index (χ0n) is 10.4. The lowest BCUT2D eigenvalue weighted by Gasteiger charge is -2.03. The molecular weight excluding hydrogens is 216 g/mol. The van der Waals surface area contributed by atoms with Crippen LogP contribution in [0.2, 0.25) is 0 Å². The normalized spacial score (nSPS) is 11.2. The predicted octanol–water partition coefficient (Wildman–Crippen LogP) is 2.93. The zero-order chi connectivity index (χ0) is 12.5. The first-order valence-electron chi connectivity index (χ1n) is 5.86. The number of ether oxygens (including phenoxy) is 1. The van der Waals surface area contributed by atoms with Gasteiger partial charge >= 0.3 is 0 Å². The fraction of sp³-hybridized carbons (Fsp3) is 0.583. The van der Waals surface area contributed by atoms with Crippen molar-refractivity contribution >= 4 is 11.7 Å². The van der Waals surface area contributed by atoms with Crippen LogP contribution < -0.4 is 0 Å². The molecule has 0 spiro atoms. The lowest BCUT2D eigenvalue weighted by molar-refractivity contribution is 0.387. The van der Waals surface area contributed by atoms with Gasteiger partial charge < -0.3 is 9.72 Å². The summed E-state index contributed by atoms with van der Waals surface area (Å²) in [5.74, 6) is 1.03. The molecule has 0 fully saturated rings. The number of imidazole rings is 1. The average Bonchev–Trinajstić information content (AvgIpc) is 2.80. The first-order valence-corrected chi connectivity index (χ1v) is 5.86. The van der Waals surface area contributed by atoms with E-state index in [0.29, 0.717) is 17.4 Å². The van der Waals surface area contributed by atoms with Gasteiger partial charge in [0, 0.05) is 6.42 Å². The Morgan fingerprint density at radius 3 is 3.00 bits per heavy atom. The summed E-state index contributed by atoms with van der Waals surface area (Å²) in [5.41, 5.74) is 0.369. The summed E-state index contributed by atoms with van der Waals surface area (Å²) in [6.45, 7) is 2.17. The number of aliphatic imine (C=N–C) groups is 1. The average molecular weight is 234 g/mol. The summed E-state index contributed by atoms with van der Waals surface area (Å²) in [5, 5.41) is 8.81. The van der Waals surface area contributed by atoms with E-state index in [-0.39, 0.29) is 0 Å². The third-order valence-corrected chi connectivity index (χ3v) is 2.44. The van der Waals surface area contributed by atoms with Gasteiger partial charge in [0.2, 0.25) is 0 Å². The summed E-state index contributed by atoms with van der Waals surface area (Å²) >= 11 is 0. The summed E-state index contributed by atoms with van der Waals surface area (Å²) in [7, 11) is 1.59. The van der Waals surface area contributed by atoms with Gasteiger partial charge in [-0.05, 0) is 6.42 Å². The number of unbranched alkanes of at least 4 members (excludes halogenated alkanes) is 3. The number of hydrogen-bond donors (Lipinski definition) is 1. The van der Waals surface area contributed by atoms with E-state index in [1.165, 1.54) is 25.6 Å². The molecule has 92 valence electrons. The van der Waals surface area contributed by atoms with Crippen LogP contribution in [0.3, 0.4) is 0 Å². The van der Waals surface area contributed by atoms with Crippen molar-refractivity contribution in [1.29, 1.82) is 5.26 Å². The number of methoxy groups -OCH3 is 1. The molecule has 1 N–H and O–H groups in total. The van der Waals surface area contributed by atoms with Crippen molar-refractivity contribution in [2.75, 3.05) is 7.11 Å². The molecule has 0 bridgehead atoms. The number of hydrogen-bond acceptors (Lipinski definition) is 4. The maximum absolute atomic E-state index is 8.81. The number of rotatable bonds is 6. The van der Waals surface area contributed by atoms with Gasteiger partial charge in [-0.1, -0.05) is 26.2 Å². The van der Waals surface area contributed by atoms with Crippen LogP contribution in [0.15, 0.2) is 11.3 Å². The van der Waals surface area contributed by atoms with Crippen molar-refractivity contribution in [2.24, 2.45) is 4.99 Å². The summed E-state index contributed by atoms with van der Waals surface area (Å²) in [4.78, 5) is 10.9. The number of nitrogens with zero attached hydrogens (tertiary/aromatic N) is 3. The number of H-pyrrole nitrogens is 1. The standard InChI is InChI=1S/C12H18N4O/c1-3-4-5-6-7-11(17-2)16-12-10(8-13)14-9-15-12/h9H,3-7H2,1-2H3,(H,14,15). The number of nitriles is 1. The van der Waals surface area contributed by atoms with Gasteiger partial charge in [0.05, 0.1) is 13.4 Å². The summed E-state index contributed by atoms with van der Waals surface area (Å²) in [6, 6.07) is 2.00. The Bertz CT molecular complexity index is 403. The fourth-order valence-electron chi connectivity index (χ4n) is 1.48. The Morgan fingerprint density at radius 2 is 2.35 bits per heavy atom. The molecule has 0 saturated heterocycles. The van der Waals surface area contributed by atoms with Gasteiger partial charge in [0.1, 0.15) is 6.07 Å². The van der Waals surface area contributed by atoms with Crippen molar-refractivity contribution in [3.05, 3.63) is 12.0 Å². The van der Waals surface area contributed by atoms with E-state index in [1.54, 1.807) is 7.11 Å². The molecule has 0 amide bonds. The van der Waals surface area contributed by atoms with E-state index in [1.807, 2.05) is 6.07 Å². The van der Waals surface area contributed by atoms with Crippen LogP contribution in [0.5, 0.6) is 0 Å². The Labute approximate surface area is 102 Å². The van der Waals surface area contributed by atoms with Crippen LogP contribution in [0.1, 0.15) is 44.7 Å². The van der Waals surface area contributed by atoms with Crippen molar-refractivity contribution in [3.8, 4) is 6.07 Å². The van der Waals surface area contributed by atoms with Gasteiger partial charge in [0.25, 0.3) is 0 Å². The van der Waals surface area contributed by atoms with Gasteiger partial charge in [0.15, 0.2) is 17.4 Å². The Balaban J connectivity index is 2.58. The lowest BCUT2D eigenvalue weighted by atomic mass is 10.1. The highest BCUT2D eigenvalue weighted by Crippen LogP contribution is 2.14. The third-order valence-electron chi connectivity index (χ3n) is 2.44. The van der Waals surface area contributed by atoms with E-state index in [0.717, 1.165) is 12.8 Å². The number of aromatic amines is 1. The molecule has 5 nitrogen and oxygen atoms in total. The van der Waals surface area contributed by atoms with Crippen molar-refractivity contribution in [2.45, 2.75) is 39.0 Å². The molecule has 0 aliphatic carbocycles. The van der Waals surface area contributed by atoms with E-state index >= 15 is 0 Å². The minimum absolute atomic E-state index is 0.369. The molecule has 1 aromatic heterocycles. The molecule has 1 aromatic rings. The first-order chi connectivity index (χ1) is 8.31. The van der Waals surface area contributed by atoms with Crippen molar-refractivity contribution in [3.63, 3.8) is 0 Å². The molecule has 5 heteroatoms. The number of nitrogens with one attached hydrogen (secondary N) is 1. The molecule has 17 heavy (non-hydrogen) atoms.